The van der Waals surface area contributed by atoms with Gasteiger partial charge in [0.05, 0.1) is 12.1 Å². The molecule has 8 nitrogen and oxygen atoms in total. The maximum Gasteiger partial charge on any atom is 0.246 e. The van der Waals surface area contributed by atoms with Crippen molar-refractivity contribution in [3.8, 4) is 0 Å². The Balaban J connectivity index is 2.20. The van der Waals surface area contributed by atoms with Crippen molar-refractivity contribution < 1.29 is 14.4 Å². The van der Waals surface area contributed by atoms with Crippen LogP contribution >= 0.6 is 0 Å². The Morgan fingerprint density at radius 1 is 1.20 bits per heavy atom. The average molecular weight is 488 g/mol. The molecule has 4 atom stereocenters. The van der Waals surface area contributed by atoms with Gasteiger partial charge in [0.1, 0.15) is 6.04 Å². The maximum absolute atomic E-state index is 13.7. The number of carbonyl (C=O) groups is 3. The van der Waals surface area contributed by atoms with E-state index in [4.69, 9.17) is 5.73 Å². The van der Waals surface area contributed by atoms with E-state index in [2.05, 4.69) is 22.8 Å². The number of amides is 3. The van der Waals surface area contributed by atoms with Gasteiger partial charge in [0, 0.05) is 25.7 Å². The molecule has 0 radical (unpaired) electrons. The van der Waals surface area contributed by atoms with E-state index in [9.17, 15) is 14.4 Å². The Labute approximate surface area is 211 Å². The normalized spacial score (nSPS) is 18.6. The second-order valence-electron chi connectivity index (χ2n) is 10.7. The van der Waals surface area contributed by atoms with E-state index in [-0.39, 0.29) is 23.8 Å². The minimum absolute atomic E-state index is 0.0775. The van der Waals surface area contributed by atoms with E-state index in [1.54, 1.807) is 14.0 Å². The molecule has 3 amide bonds. The predicted octanol–water partition coefficient (Wildman–Crippen LogP) is 1.92. The summed E-state index contributed by atoms with van der Waals surface area (Å²) in [6.07, 6.45) is 2.98. The fourth-order valence-corrected chi connectivity index (χ4v) is 4.39. The lowest BCUT2D eigenvalue weighted by Gasteiger charge is -2.38. The molecule has 0 aromatic heterocycles. The third kappa shape index (κ3) is 8.04. The number of hydrogen-bond acceptors (Lipinski definition) is 5. The van der Waals surface area contributed by atoms with E-state index in [1.165, 1.54) is 0 Å². The third-order valence-corrected chi connectivity index (χ3v) is 6.90. The van der Waals surface area contributed by atoms with Crippen molar-refractivity contribution >= 4 is 17.7 Å². The van der Waals surface area contributed by atoms with Gasteiger partial charge in [0.2, 0.25) is 17.7 Å². The van der Waals surface area contributed by atoms with Crippen LogP contribution < -0.4 is 16.4 Å². The SMILES string of the molecule is CC[C@@H](N)C(=O)N(CCc1ccccc1)C[C@@H]1CCCN1C(=O)[C@@H](NC(=O)[C@H](C)NC)C(C)(C)C. The van der Waals surface area contributed by atoms with E-state index in [0.29, 0.717) is 26.1 Å². The standard InChI is InChI=1S/C27H45N5O3/c1-7-22(28)25(34)31(17-15-20-12-9-8-10-13-20)18-21-14-11-16-32(21)26(35)23(27(3,4)5)30-24(33)19(2)29-6/h8-10,12-13,19,21-23,29H,7,11,14-18,28H2,1-6H3,(H,30,33)/t19-,21-,22+,23+/m0/s1. The summed E-state index contributed by atoms with van der Waals surface area (Å²) in [7, 11) is 1.72. The zero-order valence-corrected chi connectivity index (χ0v) is 22.3. The van der Waals surface area contributed by atoms with Crippen molar-refractivity contribution in [1.82, 2.24) is 20.4 Å². The van der Waals surface area contributed by atoms with Gasteiger partial charge in [-0.15, -0.1) is 0 Å². The van der Waals surface area contributed by atoms with E-state index in [0.717, 1.165) is 24.8 Å². The highest BCUT2D eigenvalue weighted by Gasteiger charge is 2.40. The first-order chi connectivity index (χ1) is 16.5. The predicted molar refractivity (Wildman–Crippen MR) is 140 cm³/mol. The summed E-state index contributed by atoms with van der Waals surface area (Å²) in [6, 6.07) is 8.35. The summed E-state index contributed by atoms with van der Waals surface area (Å²) in [5.41, 5.74) is 6.83. The summed E-state index contributed by atoms with van der Waals surface area (Å²) in [5.74, 6) is -0.372. The van der Waals surface area contributed by atoms with Crippen LogP contribution in [0, 0.1) is 5.41 Å². The van der Waals surface area contributed by atoms with Crippen molar-refractivity contribution in [2.75, 3.05) is 26.7 Å². The van der Waals surface area contributed by atoms with E-state index in [1.807, 2.05) is 55.7 Å². The van der Waals surface area contributed by atoms with Gasteiger partial charge in [-0.3, -0.25) is 14.4 Å². The first-order valence-corrected chi connectivity index (χ1v) is 12.9. The Hall–Kier alpha value is -2.45. The molecule has 1 aliphatic heterocycles. The Morgan fingerprint density at radius 3 is 2.43 bits per heavy atom. The van der Waals surface area contributed by atoms with E-state index < -0.39 is 23.5 Å². The largest absolute Gasteiger partial charge is 0.342 e. The zero-order chi connectivity index (χ0) is 26.2. The van der Waals surface area contributed by atoms with Crippen LogP contribution in [-0.4, -0.2) is 78.4 Å². The summed E-state index contributed by atoms with van der Waals surface area (Å²) in [5, 5.41) is 5.89. The molecule has 1 fully saturated rings. The summed E-state index contributed by atoms with van der Waals surface area (Å²) in [6.45, 7) is 11.2. The van der Waals surface area contributed by atoms with Crippen LogP contribution in [0.25, 0.3) is 0 Å². The van der Waals surface area contributed by atoms with Gasteiger partial charge < -0.3 is 26.2 Å². The Morgan fingerprint density at radius 2 is 1.86 bits per heavy atom. The van der Waals surface area contributed by atoms with Crippen LogP contribution in [0.5, 0.6) is 0 Å². The lowest BCUT2D eigenvalue weighted by Crippen LogP contribution is -2.59. The minimum Gasteiger partial charge on any atom is -0.342 e. The highest BCUT2D eigenvalue weighted by atomic mass is 16.2. The number of rotatable bonds is 11. The number of nitrogens with one attached hydrogen (secondary N) is 2. The highest BCUT2D eigenvalue weighted by Crippen LogP contribution is 2.26. The number of hydrogen-bond donors (Lipinski definition) is 3. The summed E-state index contributed by atoms with van der Waals surface area (Å²) in [4.78, 5) is 43.2. The van der Waals surface area contributed by atoms with Gasteiger partial charge in [0.15, 0.2) is 0 Å². The molecule has 1 aromatic rings. The number of likely N-dealkylation sites (N-methyl/N-ethyl adjacent to an activating group) is 1. The molecule has 196 valence electrons. The number of benzene rings is 1. The number of nitrogens with two attached hydrogens (primary N) is 1. The summed E-state index contributed by atoms with van der Waals surface area (Å²) >= 11 is 0. The molecule has 1 heterocycles. The lowest BCUT2D eigenvalue weighted by molar-refractivity contribution is -0.142. The number of nitrogens with zero attached hydrogens (tertiary/aromatic N) is 2. The second kappa shape index (κ2) is 13.0. The molecule has 0 aliphatic carbocycles. The average Bonchev–Trinajstić information content (AvgIpc) is 3.31. The van der Waals surface area contributed by atoms with Gasteiger partial charge in [0.25, 0.3) is 0 Å². The summed E-state index contributed by atoms with van der Waals surface area (Å²) < 4.78 is 0. The maximum atomic E-state index is 13.7. The molecule has 1 aromatic carbocycles. The van der Waals surface area contributed by atoms with Crippen LogP contribution in [0.3, 0.4) is 0 Å². The van der Waals surface area contributed by atoms with E-state index >= 15 is 0 Å². The highest BCUT2D eigenvalue weighted by molar-refractivity contribution is 5.90. The quantitative estimate of drug-likeness (QED) is 0.442. The fraction of sp³-hybridized carbons (Fsp3) is 0.667. The van der Waals surface area contributed by atoms with Crippen molar-refractivity contribution in [2.24, 2.45) is 11.1 Å². The lowest BCUT2D eigenvalue weighted by atomic mass is 9.85. The van der Waals surface area contributed by atoms with Gasteiger partial charge in [-0.25, -0.2) is 0 Å². The van der Waals surface area contributed by atoms with Crippen LogP contribution in [0.15, 0.2) is 30.3 Å². The Bertz CT molecular complexity index is 839. The topological polar surface area (TPSA) is 108 Å². The van der Waals surface area contributed by atoms with Gasteiger partial charge in [-0.1, -0.05) is 58.0 Å². The molecular weight excluding hydrogens is 442 g/mol. The third-order valence-electron chi connectivity index (χ3n) is 6.90. The fourth-order valence-electron chi connectivity index (χ4n) is 4.39. The molecule has 0 unspecified atom stereocenters. The molecule has 0 saturated carbocycles. The molecular formula is C27H45N5O3. The molecule has 1 saturated heterocycles. The van der Waals surface area contributed by atoms with Crippen molar-refractivity contribution in [2.45, 2.75) is 84.5 Å². The molecule has 1 aliphatic rings. The van der Waals surface area contributed by atoms with Crippen LogP contribution in [0.2, 0.25) is 0 Å². The van der Waals surface area contributed by atoms with Gasteiger partial charge >= 0.3 is 0 Å². The first kappa shape index (κ1) is 28.8. The first-order valence-electron chi connectivity index (χ1n) is 12.9. The molecule has 35 heavy (non-hydrogen) atoms. The molecule has 0 bridgehead atoms. The molecule has 4 N–H and O–H groups in total. The van der Waals surface area contributed by atoms with Crippen LogP contribution in [0.4, 0.5) is 0 Å². The van der Waals surface area contributed by atoms with Gasteiger partial charge in [-0.05, 0) is 50.6 Å². The van der Waals surface area contributed by atoms with Crippen molar-refractivity contribution in [1.29, 1.82) is 0 Å². The molecule has 2 rings (SSSR count). The monoisotopic (exact) mass is 487 g/mol. The smallest absolute Gasteiger partial charge is 0.246 e. The Kier molecular flexibility index (Phi) is 10.7. The van der Waals surface area contributed by atoms with Crippen LogP contribution in [-0.2, 0) is 20.8 Å². The minimum atomic E-state index is -0.655. The van der Waals surface area contributed by atoms with Crippen molar-refractivity contribution in [3.05, 3.63) is 35.9 Å². The van der Waals surface area contributed by atoms with Gasteiger partial charge in [-0.2, -0.15) is 0 Å². The molecule has 8 heteroatoms. The molecule has 0 spiro atoms. The van der Waals surface area contributed by atoms with Crippen LogP contribution in [0.1, 0.15) is 59.4 Å². The number of likely N-dealkylation sites (tertiary alicyclic amines) is 1. The second-order valence-corrected chi connectivity index (χ2v) is 10.7. The van der Waals surface area contributed by atoms with Crippen molar-refractivity contribution in [3.63, 3.8) is 0 Å². The zero-order valence-electron chi connectivity index (χ0n) is 22.3. The number of carbonyl (C=O) groups excluding carboxylic acids is 3.